The van der Waals surface area contributed by atoms with Gasteiger partial charge in [-0.1, -0.05) is 86.7 Å². The van der Waals surface area contributed by atoms with E-state index in [1.54, 1.807) is 0 Å². The standard InChI is InChI=1S/C21H25NO2/c1-17(2)15-20(14-13-18-9-5-3-6-10-18)22-21(23)24-16-19-11-7-4-8-12-19/h3-14,17,20H,15-16H2,1-2H3,(H,22,23)/b14-13+/t20-/m0/s1. The second kappa shape index (κ2) is 9.56. The zero-order chi connectivity index (χ0) is 17.2. The van der Waals surface area contributed by atoms with E-state index in [-0.39, 0.29) is 18.7 Å². The van der Waals surface area contributed by atoms with Crippen LogP contribution < -0.4 is 5.32 Å². The highest BCUT2D eigenvalue weighted by atomic mass is 16.5. The van der Waals surface area contributed by atoms with Gasteiger partial charge >= 0.3 is 6.09 Å². The first-order valence-corrected chi connectivity index (χ1v) is 8.34. The van der Waals surface area contributed by atoms with Crippen LogP contribution >= 0.6 is 0 Å². The van der Waals surface area contributed by atoms with Crippen molar-refractivity contribution in [3.63, 3.8) is 0 Å². The van der Waals surface area contributed by atoms with Gasteiger partial charge in [0.05, 0.1) is 6.04 Å². The molecule has 0 heterocycles. The molecule has 3 nitrogen and oxygen atoms in total. The summed E-state index contributed by atoms with van der Waals surface area (Å²) in [5, 5.41) is 2.94. The fourth-order valence-electron chi connectivity index (χ4n) is 2.40. The van der Waals surface area contributed by atoms with Gasteiger partial charge in [-0.25, -0.2) is 4.79 Å². The minimum absolute atomic E-state index is 0.0477. The van der Waals surface area contributed by atoms with Gasteiger partial charge in [0, 0.05) is 0 Å². The Hall–Kier alpha value is -2.55. The van der Waals surface area contributed by atoms with Crippen LogP contribution in [0.3, 0.4) is 0 Å². The lowest BCUT2D eigenvalue weighted by Crippen LogP contribution is -2.34. The van der Waals surface area contributed by atoms with Crippen LogP contribution in [0.5, 0.6) is 0 Å². The largest absolute Gasteiger partial charge is 0.445 e. The molecule has 1 atom stereocenters. The van der Waals surface area contributed by atoms with E-state index in [0.29, 0.717) is 5.92 Å². The van der Waals surface area contributed by atoms with Crippen LogP contribution in [-0.4, -0.2) is 12.1 Å². The van der Waals surface area contributed by atoms with Crippen molar-refractivity contribution in [1.82, 2.24) is 5.32 Å². The number of carbonyl (C=O) groups is 1. The quantitative estimate of drug-likeness (QED) is 0.775. The third-order valence-electron chi connectivity index (χ3n) is 3.56. The van der Waals surface area contributed by atoms with E-state index in [2.05, 4.69) is 19.2 Å². The van der Waals surface area contributed by atoms with Crippen molar-refractivity contribution >= 4 is 12.2 Å². The second-order valence-corrected chi connectivity index (χ2v) is 6.21. The molecule has 0 saturated carbocycles. The third-order valence-corrected chi connectivity index (χ3v) is 3.56. The molecule has 1 amide bonds. The summed E-state index contributed by atoms with van der Waals surface area (Å²) >= 11 is 0. The zero-order valence-corrected chi connectivity index (χ0v) is 14.3. The topological polar surface area (TPSA) is 38.3 Å². The van der Waals surface area contributed by atoms with E-state index < -0.39 is 0 Å². The molecule has 0 fully saturated rings. The lowest BCUT2D eigenvalue weighted by molar-refractivity contribution is 0.136. The van der Waals surface area contributed by atoms with Crippen molar-refractivity contribution in [2.24, 2.45) is 5.92 Å². The minimum atomic E-state index is -0.387. The van der Waals surface area contributed by atoms with Crippen molar-refractivity contribution in [1.29, 1.82) is 0 Å². The third kappa shape index (κ3) is 6.69. The molecule has 0 aliphatic rings. The van der Waals surface area contributed by atoms with Gasteiger partial charge in [-0.3, -0.25) is 0 Å². The molecule has 0 bridgehead atoms. The Labute approximate surface area is 144 Å². The monoisotopic (exact) mass is 323 g/mol. The molecule has 0 unspecified atom stereocenters. The predicted octanol–water partition coefficient (Wildman–Crippen LogP) is 5.04. The molecular weight excluding hydrogens is 298 g/mol. The van der Waals surface area contributed by atoms with E-state index in [9.17, 15) is 4.79 Å². The number of hydrogen-bond donors (Lipinski definition) is 1. The maximum Gasteiger partial charge on any atom is 0.407 e. The van der Waals surface area contributed by atoms with E-state index in [0.717, 1.165) is 17.5 Å². The molecule has 1 N–H and O–H groups in total. The van der Waals surface area contributed by atoms with Crippen LogP contribution in [0.1, 0.15) is 31.4 Å². The van der Waals surface area contributed by atoms with E-state index in [1.165, 1.54) is 0 Å². The first kappa shape index (κ1) is 17.8. The normalized spacial score (nSPS) is 12.3. The maximum absolute atomic E-state index is 12.1. The van der Waals surface area contributed by atoms with Crippen molar-refractivity contribution < 1.29 is 9.53 Å². The molecule has 2 aromatic rings. The van der Waals surface area contributed by atoms with E-state index >= 15 is 0 Å². The molecule has 126 valence electrons. The fourth-order valence-corrected chi connectivity index (χ4v) is 2.40. The number of rotatable bonds is 7. The molecule has 0 spiro atoms. The molecule has 0 aliphatic heterocycles. The highest BCUT2D eigenvalue weighted by Gasteiger charge is 2.12. The molecular formula is C21H25NO2. The first-order valence-electron chi connectivity index (χ1n) is 8.34. The molecule has 0 aliphatic carbocycles. The van der Waals surface area contributed by atoms with Gasteiger partial charge in [0.2, 0.25) is 0 Å². The molecule has 3 heteroatoms. The molecule has 0 radical (unpaired) electrons. The van der Waals surface area contributed by atoms with Crippen LogP contribution in [0.4, 0.5) is 4.79 Å². The Morgan fingerprint density at radius 2 is 1.67 bits per heavy atom. The van der Waals surface area contributed by atoms with Gasteiger partial charge in [-0.2, -0.15) is 0 Å². The van der Waals surface area contributed by atoms with Crippen molar-refractivity contribution in [3.8, 4) is 0 Å². The number of amides is 1. The molecule has 24 heavy (non-hydrogen) atoms. The number of nitrogens with one attached hydrogen (secondary N) is 1. The van der Waals surface area contributed by atoms with Crippen molar-refractivity contribution in [3.05, 3.63) is 77.9 Å². The summed E-state index contributed by atoms with van der Waals surface area (Å²) in [6, 6.07) is 19.7. The minimum Gasteiger partial charge on any atom is -0.445 e. The smallest absolute Gasteiger partial charge is 0.407 e. The van der Waals surface area contributed by atoms with Crippen molar-refractivity contribution in [2.45, 2.75) is 32.9 Å². The Balaban J connectivity index is 1.90. The number of carbonyl (C=O) groups excluding carboxylic acids is 1. The highest BCUT2D eigenvalue weighted by molar-refractivity contribution is 5.68. The number of benzene rings is 2. The number of ether oxygens (including phenoxy) is 1. The fraction of sp³-hybridized carbons (Fsp3) is 0.286. The highest BCUT2D eigenvalue weighted by Crippen LogP contribution is 2.10. The first-order chi connectivity index (χ1) is 11.6. The Kier molecular flexibility index (Phi) is 7.09. The summed E-state index contributed by atoms with van der Waals surface area (Å²) in [5.41, 5.74) is 2.10. The molecule has 2 aromatic carbocycles. The van der Waals surface area contributed by atoms with Crippen LogP contribution in [0.15, 0.2) is 66.7 Å². The number of hydrogen-bond acceptors (Lipinski definition) is 2. The lowest BCUT2D eigenvalue weighted by atomic mass is 10.0. The van der Waals surface area contributed by atoms with E-state index in [4.69, 9.17) is 4.74 Å². The van der Waals surface area contributed by atoms with Crippen LogP contribution in [-0.2, 0) is 11.3 Å². The summed E-state index contributed by atoms with van der Waals surface area (Å²) in [4.78, 5) is 12.1. The zero-order valence-electron chi connectivity index (χ0n) is 14.3. The average molecular weight is 323 g/mol. The maximum atomic E-state index is 12.1. The van der Waals surface area contributed by atoms with Crippen LogP contribution in [0.2, 0.25) is 0 Å². The molecule has 0 saturated heterocycles. The second-order valence-electron chi connectivity index (χ2n) is 6.21. The molecule has 2 rings (SSSR count). The van der Waals surface area contributed by atoms with Crippen molar-refractivity contribution in [2.75, 3.05) is 0 Å². The Bertz CT molecular complexity index is 635. The van der Waals surface area contributed by atoms with Gasteiger partial charge < -0.3 is 10.1 Å². The van der Waals surface area contributed by atoms with Gasteiger partial charge in [0.1, 0.15) is 6.61 Å². The number of alkyl carbamates (subject to hydrolysis) is 1. The summed E-state index contributed by atoms with van der Waals surface area (Å²) in [6.45, 7) is 4.56. The van der Waals surface area contributed by atoms with Crippen LogP contribution in [0, 0.1) is 5.92 Å². The summed E-state index contributed by atoms with van der Waals surface area (Å²) in [7, 11) is 0. The SMILES string of the molecule is CC(C)C[C@H](/C=C/c1ccccc1)NC(=O)OCc1ccccc1. The summed E-state index contributed by atoms with van der Waals surface area (Å²) in [6.07, 6.45) is 4.54. The summed E-state index contributed by atoms with van der Waals surface area (Å²) in [5.74, 6) is 0.477. The Morgan fingerprint density at radius 3 is 2.29 bits per heavy atom. The van der Waals surface area contributed by atoms with Crippen LogP contribution in [0.25, 0.3) is 6.08 Å². The van der Waals surface area contributed by atoms with E-state index in [1.807, 2.05) is 72.8 Å². The average Bonchev–Trinajstić information content (AvgIpc) is 2.59. The molecule has 0 aromatic heterocycles. The van der Waals surface area contributed by atoms with Gasteiger partial charge in [-0.05, 0) is 23.5 Å². The Morgan fingerprint density at radius 1 is 1.04 bits per heavy atom. The van der Waals surface area contributed by atoms with Gasteiger partial charge in [-0.15, -0.1) is 0 Å². The van der Waals surface area contributed by atoms with Gasteiger partial charge in [0.25, 0.3) is 0 Å². The summed E-state index contributed by atoms with van der Waals surface area (Å²) < 4.78 is 5.31. The van der Waals surface area contributed by atoms with Gasteiger partial charge in [0.15, 0.2) is 0 Å². The predicted molar refractivity (Wildman–Crippen MR) is 98.5 cm³/mol. The lowest BCUT2D eigenvalue weighted by Gasteiger charge is -2.17.